The van der Waals surface area contributed by atoms with Gasteiger partial charge in [-0.1, -0.05) is 11.6 Å². The molecular weight excluding hydrogens is 216 g/mol. The van der Waals surface area contributed by atoms with Crippen molar-refractivity contribution in [1.29, 1.82) is 0 Å². The highest BCUT2D eigenvalue weighted by molar-refractivity contribution is 7.98. The molecule has 0 aliphatic carbocycles. The standard InChI is InChI=1S/C10H15ClN2S/c1-7(6-14-2)13-10-4-3-8(11)5-9(10)12/h3-5,7,13H,6,12H2,1-2H3. The predicted molar refractivity (Wildman–Crippen MR) is 67.3 cm³/mol. The Labute approximate surface area is 94.2 Å². The molecule has 1 aromatic carbocycles. The minimum absolute atomic E-state index is 0.411. The van der Waals surface area contributed by atoms with Gasteiger partial charge in [0.25, 0.3) is 0 Å². The van der Waals surface area contributed by atoms with Gasteiger partial charge in [0.2, 0.25) is 0 Å². The smallest absolute Gasteiger partial charge is 0.0577 e. The van der Waals surface area contributed by atoms with Crippen molar-refractivity contribution in [2.24, 2.45) is 0 Å². The van der Waals surface area contributed by atoms with Gasteiger partial charge in [-0.2, -0.15) is 11.8 Å². The van der Waals surface area contributed by atoms with Gasteiger partial charge in [0.1, 0.15) is 0 Å². The molecule has 1 unspecified atom stereocenters. The molecule has 0 spiro atoms. The summed E-state index contributed by atoms with van der Waals surface area (Å²) in [4.78, 5) is 0. The van der Waals surface area contributed by atoms with E-state index in [1.165, 1.54) is 0 Å². The number of benzene rings is 1. The Bertz CT molecular complexity index is 304. The molecule has 0 saturated carbocycles. The van der Waals surface area contributed by atoms with E-state index in [0.717, 1.165) is 11.4 Å². The van der Waals surface area contributed by atoms with Crippen molar-refractivity contribution >= 4 is 34.7 Å². The summed E-state index contributed by atoms with van der Waals surface area (Å²) in [6, 6.07) is 5.92. The molecule has 0 bridgehead atoms. The van der Waals surface area contributed by atoms with Crippen LogP contribution in [0.15, 0.2) is 18.2 Å². The highest BCUT2D eigenvalue weighted by atomic mass is 35.5. The highest BCUT2D eigenvalue weighted by Gasteiger charge is 2.03. The average Bonchev–Trinajstić information content (AvgIpc) is 2.10. The van der Waals surface area contributed by atoms with Gasteiger partial charge in [-0.25, -0.2) is 0 Å². The summed E-state index contributed by atoms with van der Waals surface area (Å²) >= 11 is 7.61. The molecule has 0 aromatic heterocycles. The topological polar surface area (TPSA) is 38.0 Å². The number of nitrogen functional groups attached to an aromatic ring is 1. The van der Waals surface area contributed by atoms with Gasteiger partial charge in [-0.3, -0.25) is 0 Å². The van der Waals surface area contributed by atoms with E-state index in [4.69, 9.17) is 17.3 Å². The predicted octanol–water partition coefficient (Wildman–Crippen LogP) is 3.09. The lowest BCUT2D eigenvalue weighted by molar-refractivity contribution is 0.915. The maximum Gasteiger partial charge on any atom is 0.0577 e. The minimum atomic E-state index is 0.411. The van der Waals surface area contributed by atoms with Crippen molar-refractivity contribution in [3.05, 3.63) is 23.2 Å². The largest absolute Gasteiger partial charge is 0.397 e. The molecule has 0 aliphatic heterocycles. The number of thioether (sulfide) groups is 1. The van der Waals surface area contributed by atoms with Crippen molar-refractivity contribution < 1.29 is 0 Å². The number of hydrogen-bond donors (Lipinski definition) is 2. The van der Waals surface area contributed by atoms with Crippen molar-refractivity contribution in [2.45, 2.75) is 13.0 Å². The van der Waals surface area contributed by atoms with Crippen molar-refractivity contribution in [1.82, 2.24) is 0 Å². The summed E-state index contributed by atoms with van der Waals surface area (Å²) in [7, 11) is 0. The van der Waals surface area contributed by atoms with Gasteiger partial charge in [0, 0.05) is 16.8 Å². The maximum atomic E-state index is 5.81. The third-order valence-electron chi connectivity index (χ3n) is 1.83. The van der Waals surface area contributed by atoms with Crippen molar-refractivity contribution in [3.8, 4) is 0 Å². The van der Waals surface area contributed by atoms with E-state index in [9.17, 15) is 0 Å². The molecule has 0 saturated heterocycles. The number of nitrogens with one attached hydrogen (secondary N) is 1. The Morgan fingerprint density at radius 3 is 2.86 bits per heavy atom. The second-order valence-corrected chi connectivity index (χ2v) is 4.58. The van der Waals surface area contributed by atoms with Crippen LogP contribution in [0.4, 0.5) is 11.4 Å². The van der Waals surface area contributed by atoms with Crippen LogP contribution in [0.25, 0.3) is 0 Å². The number of halogens is 1. The fourth-order valence-electron chi connectivity index (χ4n) is 1.22. The van der Waals surface area contributed by atoms with E-state index in [1.807, 2.05) is 23.9 Å². The second-order valence-electron chi connectivity index (χ2n) is 3.23. The molecule has 0 fully saturated rings. The molecule has 0 radical (unpaired) electrons. The molecule has 78 valence electrons. The molecular formula is C10H15ClN2S. The first kappa shape index (κ1) is 11.5. The van der Waals surface area contributed by atoms with Crippen molar-refractivity contribution in [2.75, 3.05) is 23.1 Å². The zero-order valence-corrected chi connectivity index (χ0v) is 9.95. The fourth-order valence-corrected chi connectivity index (χ4v) is 1.99. The van der Waals surface area contributed by atoms with Gasteiger partial charge in [0.15, 0.2) is 0 Å². The SMILES string of the molecule is CSCC(C)Nc1ccc(Cl)cc1N. The molecule has 0 heterocycles. The quantitative estimate of drug-likeness (QED) is 0.781. The lowest BCUT2D eigenvalue weighted by atomic mass is 10.2. The van der Waals surface area contributed by atoms with Crippen LogP contribution in [0.1, 0.15) is 6.92 Å². The lowest BCUT2D eigenvalue weighted by Crippen LogP contribution is -2.18. The lowest BCUT2D eigenvalue weighted by Gasteiger charge is -2.15. The molecule has 1 rings (SSSR count). The summed E-state index contributed by atoms with van der Waals surface area (Å²) in [6.07, 6.45) is 2.09. The number of anilines is 2. The van der Waals surface area contributed by atoms with Gasteiger partial charge in [0.05, 0.1) is 11.4 Å². The van der Waals surface area contributed by atoms with Gasteiger partial charge in [-0.15, -0.1) is 0 Å². The third kappa shape index (κ3) is 3.31. The van der Waals surface area contributed by atoms with Gasteiger partial charge < -0.3 is 11.1 Å². The second kappa shape index (κ2) is 5.37. The molecule has 14 heavy (non-hydrogen) atoms. The monoisotopic (exact) mass is 230 g/mol. The van der Waals surface area contributed by atoms with Crippen LogP contribution in [0.3, 0.4) is 0 Å². The van der Waals surface area contributed by atoms with Crippen LogP contribution in [-0.2, 0) is 0 Å². The van der Waals surface area contributed by atoms with E-state index in [-0.39, 0.29) is 0 Å². The van der Waals surface area contributed by atoms with Gasteiger partial charge >= 0.3 is 0 Å². The Balaban J connectivity index is 2.67. The van der Waals surface area contributed by atoms with Crippen LogP contribution in [0.5, 0.6) is 0 Å². The minimum Gasteiger partial charge on any atom is -0.397 e. The first-order valence-corrected chi connectivity index (χ1v) is 6.21. The van der Waals surface area contributed by atoms with E-state index < -0.39 is 0 Å². The van der Waals surface area contributed by atoms with Crippen LogP contribution in [-0.4, -0.2) is 18.1 Å². The van der Waals surface area contributed by atoms with E-state index in [2.05, 4.69) is 18.5 Å². The van der Waals surface area contributed by atoms with Crippen LogP contribution >= 0.6 is 23.4 Å². The molecule has 1 atom stereocenters. The maximum absolute atomic E-state index is 5.81. The molecule has 0 amide bonds. The van der Waals surface area contributed by atoms with Crippen LogP contribution in [0.2, 0.25) is 5.02 Å². The fraction of sp³-hybridized carbons (Fsp3) is 0.400. The molecule has 1 aromatic rings. The summed E-state index contributed by atoms with van der Waals surface area (Å²) in [5.74, 6) is 1.06. The summed E-state index contributed by atoms with van der Waals surface area (Å²) in [6.45, 7) is 2.13. The number of hydrogen-bond acceptors (Lipinski definition) is 3. The third-order valence-corrected chi connectivity index (χ3v) is 2.90. The number of rotatable bonds is 4. The Hall–Kier alpha value is -0.540. The normalized spacial score (nSPS) is 12.5. The highest BCUT2D eigenvalue weighted by Crippen LogP contribution is 2.23. The van der Waals surface area contributed by atoms with E-state index >= 15 is 0 Å². The van der Waals surface area contributed by atoms with Gasteiger partial charge in [-0.05, 0) is 31.4 Å². The molecule has 2 nitrogen and oxygen atoms in total. The summed E-state index contributed by atoms with van der Waals surface area (Å²) < 4.78 is 0. The Morgan fingerprint density at radius 1 is 1.57 bits per heavy atom. The summed E-state index contributed by atoms with van der Waals surface area (Å²) in [5, 5.41) is 4.01. The average molecular weight is 231 g/mol. The van der Waals surface area contributed by atoms with E-state index in [1.54, 1.807) is 6.07 Å². The van der Waals surface area contributed by atoms with Crippen molar-refractivity contribution in [3.63, 3.8) is 0 Å². The molecule has 0 aliphatic rings. The first-order valence-electron chi connectivity index (χ1n) is 4.44. The Morgan fingerprint density at radius 2 is 2.29 bits per heavy atom. The molecule has 3 N–H and O–H groups in total. The van der Waals surface area contributed by atoms with Crippen LogP contribution in [0, 0.1) is 0 Å². The number of nitrogens with two attached hydrogens (primary N) is 1. The molecule has 4 heteroatoms. The van der Waals surface area contributed by atoms with Crippen LogP contribution < -0.4 is 11.1 Å². The summed E-state index contributed by atoms with van der Waals surface area (Å²) in [5.41, 5.74) is 7.47. The Kier molecular flexibility index (Phi) is 4.42. The van der Waals surface area contributed by atoms with E-state index in [0.29, 0.717) is 16.8 Å². The zero-order chi connectivity index (χ0) is 10.6. The zero-order valence-electron chi connectivity index (χ0n) is 8.38. The first-order chi connectivity index (χ1) is 6.63.